The van der Waals surface area contributed by atoms with Crippen LogP contribution in [0.1, 0.15) is 48.0 Å². The van der Waals surface area contributed by atoms with Crippen molar-refractivity contribution in [3.8, 4) is 0 Å². The zero-order valence-electron chi connectivity index (χ0n) is 12.6. The summed E-state index contributed by atoms with van der Waals surface area (Å²) >= 11 is 0. The van der Waals surface area contributed by atoms with Crippen molar-refractivity contribution in [1.82, 2.24) is 10.2 Å². The van der Waals surface area contributed by atoms with Crippen LogP contribution in [0.3, 0.4) is 0 Å². The van der Waals surface area contributed by atoms with Crippen LogP contribution < -0.4 is 5.32 Å². The molecular weight excluding hydrogens is 212 g/mol. The molecule has 0 radical (unpaired) electrons. The van der Waals surface area contributed by atoms with E-state index in [9.17, 15) is 0 Å². The van der Waals surface area contributed by atoms with E-state index in [-0.39, 0.29) is 17.6 Å². The van der Waals surface area contributed by atoms with Gasteiger partial charge in [-0.1, -0.05) is 20.8 Å². The number of aliphatic hydroxyl groups is 1. The van der Waals surface area contributed by atoms with Gasteiger partial charge in [-0.2, -0.15) is 0 Å². The first-order valence-corrected chi connectivity index (χ1v) is 6.78. The number of nitrogens with zero attached hydrogens (tertiary/aromatic N) is 1. The maximum Gasteiger partial charge on any atom is 0.0443 e. The fourth-order valence-electron chi connectivity index (χ4n) is 1.81. The molecule has 0 aromatic carbocycles. The Bertz CT molecular complexity index is 197. The van der Waals surface area contributed by atoms with Crippen LogP contribution in [0.2, 0.25) is 0 Å². The Balaban J connectivity index is 4.11. The second kappa shape index (κ2) is 7.34. The monoisotopic (exact) mass is 244 g/mol. The highest BCUT2D eigenvalue weighted by molar-refractivity contribution is 4.80. The number of rotatable bonds is 8. The fraction of sp³-hybridized carbons (Fsp3) is 1.00. The minimum absolute atomic E-state index is 0.180. The van der Waals surface area contributed by atoms with Crippen molar-refractivity contribution >= 4 is 0 Å². The highest BCUT2D eigenvalue weighted by Crippen LogP contribution is 2.17. The van der Waals surface area contributed by atoms with Crippen molar-refractivity contribution in [2.45, 2.75) is 53.5 Å². The molecule has 0 fully saturated rings. The van der Waals surface area contributed by atoms with E-state index in [1.54, 1.807) is 0 Å². The minimum atomic E-state index is 0.180. The van der Waals surface area contributed by atoms with Gasteiger partial charge in [0.25, 0.3) is 0 Å². The zero-order valence-corrected chi connectivity index (χ0v) is 12.6. The third-order valence-electron chi connectivity index (χ3n) is 2.83. The van der Waals surface area contributed by atoms with Gasteiger partial charge in [0.2, 0.25) is 0 Å². The first kappa shape index (κ1) is 16.9. The van der Waals surface area contributed by atoms with Crippen molar-refractivity contribution in [3.63, 3.8) is 0 Å². The van der Waals surface area contributed by atoms with E-state index < -0.39 is 0 Å². The third-order valence-corrected chi connectivity index (χ3v) is 2.83. The van der Waals surface area contributed by atoms with E-state index in [0.717, 1.165) is 32.6 Å². The molecule has 0 amide bonds. The molecule has 0 atom stereocenters. The highest BCUT2D eigenvalue weighted by atomic mass is 16.3. The van der Waals surface area contributed by atoms with E-state index in [4.69, 9.17) is 5.11 Å². The van der Waals surface area contributed by atoms with Crippen LogP contribution in [0, 0.1) is 5.41 Å². The quantitative estimate of drug-likeness (QED) is 0.686. The molecule has 0 aliphatic heterocycles. The number of hydrogen-bond donors (Lipinski definition) is 2. The van der Waals surface area contributed by atoms with E-state index in [1.165, 1.54) is 0 Å². The molecule has 0 saturated heterocycles. The largest absolute Gasteiger partial charge is 0.396 e. The van der Waals surface area contributed by atoms with Gasteiger partial charge in [0.05, 0.1) is 0 Å². The van der Waals surface area contributed by atoms with Crippen molar-refractivity contribution in [3.05, 3.63) is 0 Å². The molecule has 0 bridgehead atoms. The van der Waals surface area contributed by atoms with Crippen molar-refractivity contribution < 1.29 is 5.11 Å². The molecule has 3 nitrogen and oxygen atoms in total. The van der Waals surface area contributed by atoms with Gasteiger partial charge in [0, 0.05) is 31.8 Å². The molecule has 17 heavy (non-hydrogen) atoms. The number of nitrogens with one attached hydrogen (secondary N) is 1. The molecule has 0 spiro atoms. The predicted octanol–water partition coefficient (Wildman–Crippen LogP) is 2.10. The predicted molar refractivity (Wildman–Crippen MR) is 75.4 cm³/mol. The normalized spacial score (nSPS) is 13.4. The zero-order chi connectivity index (χ0) is 13.5. The molecule has 0 aromatic heterocycles. The fourth-order valence-corrected chi connectivity index (χ4v) is 1.81. The topological polar surface area (TPSA) is 35.5 Å². The summed E-state index contributed by atoms with van der Waals surface area (Å²) in [7, 11) is 0. The Morgan fingerprint density at radius 3 is 2.12 bits per heavy atom. The summed E-state index contributed by atoms with van der Waals surface area (Å²) in [4.78, 5) is 2.42. The summed E-state index contributed by atoms with van der Waals surface area (Å²) in [5, 5.41) is 12.5. The van der Waals surface area contributed by atoms with Crippen molar-refractivity contribution in [2.75, 3.05) is 32.8 Å². The summed E-state index contributed by atoms with van der Waals surface area (Å²) in [6.07, 6.45) is 0.872. The molecule has 104 valence electrons. The second-order valence-corrected chi connectivity index (χ2v) is 6.71. The second-order valence-electron chi connectivity index (χ2n) is 6.71. The van der Waals surface area contributed by atoms with Crippen molar-refractivity contribution in [2.24, 2.45) is 5.41 Å². The summed E-state index contributed by atoms with van der Waals surface area (Å²) in [5.74, 6) is 0. The Labute approximate surface area is 108 Å². The molecule has 0 aliphatic carbocycles. The maximum absolute atomic E-state index is 8.88. The van der Waals surface area contributed by atoms with Gasteiger partial charge in [0.15, 0.2) is 0 Å². The third kappa shape index (κ3) is 9.57. The van der Waals surface area contributed by atoms with Crippen LogP contribution in [0.25, 0.3) is 0 Å². The van der Waals surface area contributed by atoms with E-state index in [0.29, 0.717) is 0 Å². The van der Waals surface area contributed by atoms with Gasteiger partial charge in [-0.05, 0) is 39.2 Å². The summed E-state index contributed by atoms with van der Waals surface area (Å²) in [5.41, 5.74) is 0.443. The summed E-state index contributed by atoms with van der Waals surface area (Å²) in [6, 6.07) is 0. The summed E-state index contributed by atoms with van der Waals surface area (Å²) < 4.78 is 0. The molecule has 0 heterocycles. The van der Waals surface area contributed by atoms with Crippen LogP contribution >= 0.6 is 0 Å². The lowest BCUT2D eigenvalue weighted by Crippen LogP contribution is -2.46. The molecule has 2 N–H and O–H groups in total. The molecule has 0 rings (SSSR count). The highest BCUT2D eigenvalue weighted by Gasteiger charge is 2.23. The first-order chi connectivity index (χ1) is 7.70. The van der Waals surface area contributed by atoms with Crippen LogP contribution in [0.15, 0.2) is 0 Å². The van der Waals surface area contributed by atoms with E-state index >= 15 is 0 Å². The lowest BCUT2D eigenvalue weighted by Gasteiger charge is -2.35. The Morgan fingerprint density at radius 1 is 1.12 bits per heavy atom. The molecule has 0 aliphatic rings. The van der Waals surface area contributed by atoms with E-state index in [1.807, 2.05) is 0 Å². The smallest absolute Gasteiger partial charge is 0.0443 e. The standard InChI is InChI=1S/C14H32N2O/c1-7-16(9-8-10-17)12-14(5,6)11-15-13(2,3)4/h15,17H,7-12H2,1-6H3. The molecular formula is C14H32N2O. The van der Waals surface area contributed by atoms with Crippen LogP contribution in [0.4, 0.5) is 0 Å². The average molecular weight is 244 g/mol. The van der Waals surface area contributed by atoms with Crippen LogP contribution in [-0.4, -0.2) is 48.3 Å². The maximum atomic E-state index is 8.88. The number of hydrogen-bond acceptors (Lipinski definition) is 3. The van der Waals surface area contributed by atoms with Gasteiger partial charge in [-0.3, -0.25) is 0 Å². The molecule has 0 aromatic rings. The van der Waals surface area contributed by atoms with Gasteiger partial charge < -0.3 is 15.3 Å². The minimum Gasteiger partial charge on any atom is -0.396 e. The lowest BCUT2D eigenvalue weighted by atomic mass is 9.91. The Hall–Kier alpha value is -0.120. The molecule has 0 unspecified atom stereocenters. The first-order valence-electron chi connectivity index (χ1n) is 6.78. The number of aliphatic hydroxyl groups excluding tert-OH is 1. The Morgan fingerprint density at radius 2 is 1.71 bits per heavy atom. The van der Waals surface area contributed by atoms with Gasteiger partial charge in [-0.25, -0.2) is 0 Å². The van der Waals surface area contributed by atoms with Gasteiger partial charge >= 0.3 is 0 Å². The Kier molecular flexibility index (Phi) is 7.29. The summed E-state index contributed by atoms with van der Waals surface area (Å²) in [6.45, 7) is 17.8. The average Bonchev–Trinajstić information content (AvgIpc) is 2.20. The lowest BCUT2D eigenvalue weighted by molar-refractivity contribution is 0.158. The SMILES string of the molecule is CCN(CCCO)CC(C)(C)CNC(C)(C)C. The molecule has 3 heteroatoms. The van der Waals surface area contributed by atoms with Crippen LogP contribution in [-0.2, 0) is 0 Å². The van der Waals surface area contributed by atoms with Gasteiger partial charge in [0.1, 0.15) is 0 Å². The van der Waals surface area contributed by atoms with E-state index in [2.05, 4.69) is 51.8 Å². The molecule has 0 saturated carbocycles. The van der Waals surface area contributed by atoms with Crippen LogP contribution in [0.5, 0.6) is 0 Å². The van der Waals surface area contributed by atoms with Crippen molar-refractivity contribution in [1.29, 1.82) is 0 Å². The van der Waals surface area contributed by atoms with Gasteiger partial charge in [-0.15, -0.1) is 0 Å².